The molecule has 0 atom stereocenters. The van der Waals surface area contributed by atoms with Gasteiger partial charge in [0.25, 0.3) is 0 Å². The summed E-state index contributed by atoms with van der Waals surface area (Å²) in [6.07, 6.45) is -2.24. The van der Waals surface area contributed by atoms with Crippen LogP contribution in [-0.2, 0) is 17.4 Å². The third-order valence-electron chi connectivity index (χ3n) is 6.62. The Morgan fingerprint density at radius 1 is 1.07 bits per heavy atom. The van der Waals surface area contributed by atoms with Crippen LogP contribution in [0.25, 0.3) is 17.1 Å². The third-order valence-corrected chi connectivity index (χ3v) is 7.77. The first-order valence-electron chi connectivity index (χ1n) is 13.2. The first-order valence-corrected chi connectivity index (χ1v) is 14.6. The summed E-state index contributed by atoms with van der Waals surface area (Å²) in [7, 11) is 0. The maximum Gasteiger partial charge on any atom is 0.416 e. The number of aromatic nitrogens is 3. The molecule has 216 valence electrons. The lowest BCUT2D eigenvalue weighted by Gasteiger charge is -2.21. The van der Waals surface area contributed by atoms with E-state index in [1.54, 1.807) is 4.90 Å². The quantitative estimate of drug-likeness (QED) is 0.238. The second-order valence-corrected chi connectivity index (χ2v) is 11.2. The summed E-state index contributed by atoms with van der Waals surface area (Å²) in [6, 6.07) is 20.3. The second kappa shape index (κ2) is 12.5. The Hall–Kier alpha value is -4.03. The number of halogens is 3. The number of hydrogen-bond donors (Lipinski definition) is 1. The zero-order valence-corrected chi connectivity index (χ0v) is 24.4. The molecule has 5 rings (SSSR count). The van der Waals surface area contributed by atoms with Crippen molar-refractivity contribution in [2.75, 3.05) is 17.2 Å². The predicted molar refractivity (Wildman–Crippen MR) is 164 cm³/mol. The lowest BCUT2D eigenvalue weighted by atomic mass is 10.0. The number of rotatable bonds is 7. The number of carbonyl (C=O) groups is 1. The van der Waals surface area contributed by atoms with Gasteiger partial charge in [-0.25, -0.2) is 9.67 Å². The first-order chi connectivity index (χ1) is 20.1. The van der Waals surface area contributed by atoms with Crippen molar-refractivity contribution in [3.63, 3.8) is 0 Å². The van der Waals surface area contributed by atoms with Gasteiger partial charge in [-0.3, -0.25) is 9.69 Å². The highest BCUT2D eigenvalue weighted by Crippen LogP contribution is 2.33. The van der Waals surface area contributed by atoms with E-state index in [1.807, 2.05) is 48.5 Å². The van der Waals surface area contributed by atoms with Gasteiger partial charge in [0, 0.05) is 12.1 Å². The number of aliphatic imine (C=N–C) groups is 1. The van der Waals surface area contributed by atoms with Crippen LogP contribution < -0.4 is 10.2 Å². The highest BCUT2D eigenvalue weighted by Gasteiger charge is 2.32. The molecule has 1 amide bonds. The minimum absolute atomic E-state index is 0.0200. The van der Waals surface area contributed by atoms with Gasteiger partial charge in [-0.1, -0.05) is 68.1 Å². The smallest absolute Gasteiger partial charge is 0.360 e. The maximum atomic E-state index is 12.8. The van der Waals surface area contributed by atoms with Crippen LogP contribution in [0.5, 0.6) is 0 Å². The molecule has 2 heterocycles. The van der Waals surface area contributed by atoms with Crippen molar-refractivity contribution in [2.45, 2.75) is 32.4 Å². The zero-order valence-electron chi connectivity index (χ0n) is 22.8. The van der Waals surface area contributed by atoms with Gasteiger partial charge in [-0.05, 0) is 66.0 Å². The Morgan fingerprint density at radius 3 is 2.48 bits per heavy atom. The van der Waals surface area contributed by atoms with E-state index in [2.05, 4.69) is 34.2 Å². The van der Waals surface area contributed by atoms with E-state index in [-0.39, 0.29) is 11.8 Å². The van der Waals surface area contributed by atoms with E-state index in [1.165, 1.54) is 34.9 Å². The van der Waals surface area contributed by atoms with E-state index in [0.29, 0.717) is 40.5 Å². The molecule has 1 fully saturated rings. The standard InChI is InChI=1S/C30H27F3N6OS2/c1-19(2)24-5-3-4-6-25(24)39-26(40)17-42-29(39)36-28(41)34-16-15-20-7-9-21(10-8-20)27-35-18-38(37-27)23-13-11-22(12-14-23)30(31,32)33/h3-14,18-19H,15-17H2,1-2H3,(H,34,41). The van der Waals surface area contributed by atoms with Crippen molar-refractivity contribution >= 4 is 45.9 Å². The van der Waals surface area contributed by atoms with Crippen LogP contribution >= 0.6 is 24.0 Å². The normalized spacial score (nSPS) is 14.7. The Morgan fingerprint density at radius 2 is 1.79 bits per heavy atom. The van der Waals surface area contributed by atoms with Gasteiger partial charge in [-0.2, -0.15) is 18.2 Å². The molecule has 0 radical (unpaired) electrons. The molecular weight excluding hydrogens is 581 g/mol. The van der Waals surface area contributed by atoms with Gasteiger partial charge >= 0.3 is 6.18 Å². The van der Waals surface area contributed by atoms with Crippen molar-refractivity contribution in [2.24, 2.45) is 4.99 Å². The van der Waals surface area contributed by atoms with Crippen LogP contribution in [0, 0.1) is 0 Å². The van der Waals surface area contributed by atoms with E-state index >= 15 is 0 Å². The molecule has 12 heteroatoms. The van der Waals surface area contributed by atoms with Gasteiger partial charge < -0.3 is 5.32 Å². The summed E-state index contributed by atoms with van der Waals surface area (Å²) in [5.41, 5.74) is 3.52. The van der Waals surface area contributed by atoms with Gasteiger partial charge in [0.1, 0.15) is 6.33 Å². The fraction of sp³-hybridized carbons (Fsp3) is 0.233. The molecule has 1 aliphatic rings. The highest BCUT2D eigenvalue weighted by atomic mass is 32.2. The minimum Gasteiger partial charge on any atom is -0.360 e. The van der Waals surface area contributed by atoms with Gasteiger partial charge in [0.15, 0.2) is 16.1 Å². The molecule has 7 nitrogen and oxygen atoms in total. The number of benzene rings is 3. The van der Waals surface area contributed by atoms with Crippen molar-refractivity contribution < 1.29 is 18.0 Å². The molecule has 0 spiro atoms. The molecule has 3 aromatic carbocycles. The van der Waals surface area contributed by atoms with Crippen LogP contribution in [0.1, 0.15) is 36.5 Å². The number of hydrogen-bond acceptors (Lipinski definition) is 5. The van der Waals surface area contributed by atoms with Crippen molar-refractivity contribution in [3.8, 4) is 17.1 Å². The number of thiocarbonyl (C=S) groups is 1. The van der Waals surface area contributed by atoms with E-state index < -0.39 is 11.7 Å². The lowest BCUT2D eigenvalue weighted by Crippen LogP contribution is -2.32. The number of para-hydroxylation sites is 1. The molecule has 1 saturated heterocycles. The summed E-state index contributed by atoms with van der Waals surface area (Å²) in [5.74, 6) is 1.01. The Balaban J connectivity index is 1.18. The molecule has 0 saturated carbocycles. The number of alkyl halides is 3. The fourth-order valence-electron chi connectivity index (χ4n) is 4.44. The van der Waals surface area contributed by atoms with Crippen LogP contribution in [0.15, 0.2) is 84.1 Å². The molecule has 0 unspecified atom stereocenters. The number of nitrogens with zero attached hydrogens (tertiary/aromatic N) is 5. The number of nitrogens with one attached hydrogen (secondary N) is 1. The van der Waals surface area contributed by atoms with Gasteiger partial charge in [-0.15, -0.1) is 5.10 Å². The second-order valence-electron chi connectivity index (χ2n) is 9.86. The van der Waals surface area contributed by atoms with Crippen LogP contribution in [0.3, 0.4) is 0 Å². The number of anilines is 1. The van der Waals surface area contributed by atoms with E-state index in [4.69, 9.17) is 12.2 Å². The Labute approximate surface area is 250 Å². The average Bonchev–Trinajstić information content (AvgIpc) is 3.60. The van der Waals surface area contributed by atoms with Crippen LogP contribution in [0.4, 0.5) is 18.9 Å². The van der Waals surface area contributed by atoms with Gasteiger partial charge in [0.05, 0.1) is 22.7 Å². The van der Waals surface area contributed by atoms with Crippen molar-refractivity contribution in [3.05, 3.63) is 95.8 Å². The average molecular weight is 609 g/mol. The highest BCUT2D eigenvalue weighted by molar-refractivity contribution is 8.15. The molecule has 1 aromatic heterocycles. The predicted octanol–water partition coefficient (Wildman–Crippen LogP) is 6.63. The summed E-state index contributed by atoms with van der Waals surface area (Å²) in [6.45, 7) is 4.74. The molecule has 0 bridgehead atoms. The molecule has 4 aromatic rings. The zero-order chi connectivity index (χ0) is 29.9. The van der Waals surface area contributed by atoms with E-state index in [0.717, 1.165) is 34.5 Å². The summed E-state index contributed by atoms with van der Waals surface area (Å²) in [4.78, 5) is 23.2. The topological polar surface area (TPSA) is 75.4 Å². The Kier molecular flexibility index (Phi) is 8.74. The molecule has 1 N–H and O–H groups in total. The molecular formula is C30H27F3N6OS2. The SMILES string of the molecule is CC(C)c1ccccc1N1C(=O)CSC1=NC(=S)NCCc1ccc(-c2ncn(-c3ccc(C(F)(F)F)cc3)n2)cc1. The largest absolute Gasteiger partial charge is 0.416 e. The minimum atomic E-state index is -4.39. The first kappa shape index (κ1) is 29.5. The van der Waals surface area contributed by atoms with E-state index in [9.17, 15) is 18.0 Å². The number of amidine groups is 1. The number of thioether (sulfide) groups is 1. The summed E-state index contributed by atoms with van der Waals surface area (Å²) in [5, 5.41) is 8.44. The van der Waals surface area contributed by atoms with Crippen LogP contribution in [0.2, 0.25) is 0 Å². The molecule has 0 aliphatic carbocycles. The maximum absolute atomic E-state index is 12.8. The monoisotopic (exact) mass is 608 g/mol. The summed E-state index contributed by atoms with van der Waals surface area (Å²) < 4.78 is 39.9. The number of carbonyl (C=O) groups excluding carboxylic acids is 1. The number of amides is 1. The molecule has 42 heavy (non-hydrogen) atoms. The third kappa shape index (κ3) is 6.71. The lowest BCUT2D eigenvalue weighted by molar-refractivity contribution is -0.137. The van der Waals surface area contributed by atoms with Crippen LogP contribution in [-0.4, -0.2) is 43.2 Å². The summed E-state index contributed by atoms with van der Waals surface area (Å²) >= 11 is 6.83. The molecule has 1 aliphatic heterocycles. The van der Waals surface area contributed by atoms with Crippen molar-refractivity contribution in [1.29, 1.82) is 0 Å². The fourth-order valence-corrected chi connectivity index (χ4v) is 5.56. The Bertz CT molecular complexity index is 1620. The van der Waals surface area contributed by atoms with Crippen molar-refractivity contribution in [1.82, 2.24) is 20.1 Å². The van der Waals surface area contributed by atoms with Gasteiger partial charge in [0.2, 0.25) is 5.91 Å².